The zero-order chi connectivity index (χ0) is 38.2. The van der Waals surface area contributed by atoms with E-state index in [1.165, 1.54) is 13.1 Å². The van der Waals surface area contributed by atoms with Gasteiger partial charge in [0, 0.05) is 68.1 Å². The number of nitrogens with zero attached hydrogens (tertiary/aromatic N) is 4. The Bertz CT molecular complexity index is 2080. The number of ether oxygens (including phenoxy) is 3. The molecule has 14 nitrogen and oxygen atoms in total. The van der Waals surface area contributed by atoms with E-state index in [9.17, 15) is 24.0 Å². The van der Waals surface area contributed by atoms with Crippen LogP contribution < -0.4 is 30.4 Å². The minimum atomic E-state index is -1.10. The predicted octanol–water partition coefficient (Wildman–Crippen LogP) is 4.03. The summed E-state index contributed by atoms with van der Waals surface area (Å²) in [5.41, 5.74) is 2.69. The number of fused-ring (bicyclic) bond motifs is 2. The highest BCUT2D eigenvalue weighted by atomic mass is 16.5. The summed E-state index contributed by atoms with van der Waals surface area (Å²) in [5.74, 6) is 0.492. The number of aromatic nitrogens is 2. The second-order valence-corrected chi connectivity index (χ2v) is 13.0. The first-order valence-electron chi connectivity index (χ1n) is 17.5. The van der Waals surface area contributed by atoms with Crippen molar-refractivity contribution >= 4 is 40.6 Å². The summed E-state index contributed by atoms with van der Waals surface area (Å²) >= 11 is 0. The maximum atomic E-state index is 13.4. The largest absolute Gasteiger partial charge is 0.496 e. The van der Waals surface area contributed by atoms with Crippen molar-refractivity contribution in [3.05, 3.63) is 75.8 Å². The van der Waals surface area contributed by atoms with Crippen LogP contribution in [0.15, 0.2) is 53.6 Å². The van der Waals surface area contributed by atoms with E-state index in [0.29, 0.717) is 54.7 Å². The zero-order valence-electron chi connectivity index (χ0n) is 31.0. The number of hydrogen-bond donors (Lipinski definition) is 2. The SMILES string of the molecule is CNC(=O)C(CCC=O)N1C(=O)c2cccc(OCCCCCNc3cc4c(=O)n(C)cc(-c5cc(OC)c(CN(C)C)cc5OC)c4cn3)c2C1=O. The van der Waals surface area contributed by atoms with Gasteiger partial charge in [-0.15, -0.1) is 0 Å². The van der Waals surface area contributed by atoms with Crippen LogP contribution in [-0.4, -0.2) is 97.9 Å². The molecule has 0 radical (unpaired) electrons. The van der Waals surface area contributed by atoms with Crippen LogP contribution in [-0.2, 0) is 23.2 Å². The van der Waals surface area contributed by atoms with Crippen molar-refractivity contribution in [2.75, 3.05) is 53.8 Å². The topological polar surface area (TPSA) is 161 Å². The van der Waals surface area contributed by atoms with Gasteiger partial charge < -0.3 is 39.1 Å². The number of imide groups is 1. The number of benzene rings is 2. The van der Waals surface area contributed by atoms with E-state index in [1.54, 1.807) is 56.4 Å². The van der Waals surface area contributed by atoms with Gasteiger partial charge in [0.15, 0.2) is 0 Å². The molecule has 2 aromatic carbocycles. The molecule has 1 atom stereocenters. The number of likely N-dealkylation sites (N-methyl/N-ethyl adjacent to an activating group) is 1. The Labute approximate surface area is 308 Å². The Kier molecular flexibility index (Phi) is 12.5. The molecule has 0 fully saturated rings. The molecule has 5 rings (SSSR count). The maximum absolute atomic E-state index is 13.4. The lowest BCUT2D eigenvalue weighted by atomic mass is 9.98. The zero-order valence-corrected chi connectivity index (χ0v) is 31.0. The fraction of sp³-hybridized carbons (Fsp3) is 0.385. The van der Waals surface area contributed by atoms with Crippen LogP contribution in [0.1, 0.15) is 58.4 Å². The summed E-state index contributed by atoms with van der Waals surface area (Å²) in [5, 5.41) is 6.99. The van der Waals surface area contributed by atoms with Gasteiger partial charge in [0.05, 0.1) is 37.3 Å². The van der Waals surface area contributed by atoms with Crippen molar-refractivity contribution in [2.45, 2.75) is 44.7 Å². The molecule has 3 amide bonds. The van der Waals surface area contributed by atoms with E-state index in [2.05, 4.69) is 20.5 Å². The molecule has 0 saturated heterocycles. The molecule has 1 unspecified atom stereocenters. The van der Waals surface area contributed by atoms with Gasteiger partial charge in [0.25, 0.3) is 17.4 Å². The molecule has 4 aromatic rings. The van der Waals surface area contributed by atoms with Crippen LogP contribution in [0.2, 0.25) is 0 Å². The Morgan fingerprint density at radius 1 is 0.943 bits per heavy atom. The average Bonchev–Trinajstić information content (AvgIpc) is 3.41. The molecule has 0 aliphatic carbocycles. The van der Waals surface area contributed by atoms with Crippen LogP contribution in [0.4, 0.5) is 5.82 Å². The fourth-order valence-electron chi connectivity index (χ4n) is 6.55. The van der Waals surface area contributed by atoms with Gasteiger partial charge in [-0.2, -0.15) is 0 Å². The molecule has 3 heterocycles. The third kappa shape index (κ3) is 8.17. The second kappa shape index (κ2) is 17.2. The third-order valence-electron chi connectivity index (χ3n) is 9.16. The number of nitrogens with one attached hydrogen (secondary N) is 2. The molecule has 0 saturated carbocycles. The molecule has 14 heteroatoms. The lowest BCUT2D eigenvalue weighted by Crippen LogP contribution is -2.48. The summed E-state index contributed by atoms with van der Waals surface area (Å²) < 4.78 is 19.0. The highest BCUT2D eigenvalue weighted by Gasteiger charge is 2.44. The van der Waals surface area contributed by atoms with Crippen LogP contribution >= 0.6 is 0 Å². The van der Waals surface area contributed by atoms with E-state index in [1.807, 2.05) is 26.2 Å². The summed E-state index contributed by atoms with van der Waals surface area (Å²) in [7, 11) is 10.4. The number of aldehydes is 1. The van der Waals surface area contributed by atoms with Gasteiger partial charge in [-0.05, 0) is 70.1 Å². The molecule has 53 heavy (non-hydrogen) atoms. The van der Waals surface area contributed by atoms with Crippen molar-refractivity contribution < 1.29 is 33.4 Å². The van der Waals surface area contributed by atoms with Crippen molar-refractivity contribution in [3.63, 3.8) is 0 Å². The van der Waals surface area contributed by atoms with Gasteiger partial charge in [-0.1, -0.05) is 6.07 Å². The molecule has 280 valence electrons. The van der Waals surface area contributed by atoms with Crippen molar-refractivity contribution in [1.82, 2.24) is 24.7 Å². The number of amides is 3. The second-order valence-electron chi connectivity index (χ2n) is 13.0. The number of anilines is 1. The third-order valence-corrected chi connectivity index (χ3v) is 9.16. The number of methoxy groups -OCH3 is 2. The first kappa shape index (κ1) is 38.5. The number of aryl methyl sites for hydroxylation is 1. The molecule has 2 aromatic heterocycles. The Hall–Kier alpha value is -5.76. The first-order chi connectivity index (χ1) is 25.5. The Morgan fingerprint density at radius 3 is 2.42 bits per heavy atom. The fourth-order valence-corrected chi connectivity index (χ4v) is 6.55. The normalized spacial score (nSPS) is 12.9. The minimum absolute atomic E-state index is 0.0260. The number of hydrogen-bond acceptors (Lipinski definition) is 11. The smallest absolute Gasteiger partial charge is 0.266 e. The van der Waals surface area contributed by atoms with E-state index in [-0.39, 0.29) is 35.3 Å². The lowest BCUT2D eigenvalue weighted by molar-refractivity contribution is -0.124. The summed E-state index contributed by atoms with van der Waals surface area (Å²) in [6, 6.07) is 9.36. The molecule has 1 aliphatic heterocycles. The van der Waals surface area contributed by atoms with Crippen molar-refractivity contribution in [2.24, 2.45) is 7.05 Å². The van der Waals surface area contributed by atoms with E-state index in [0.717, 1.165) is 40.2 Å². The molecule has 1 aliphatic rings. The average molecular weight is 727 g/mol. The highest BCUT2D eigenvalue weighted by molar-refractivity contribution is 6.24. The number of rotatable bonds is 18. The Balaban J connectivity index is 1.21. The molecule has 2 N–H and O–H groups in total. The molecular formula is C39H46N6O8. The van der Waals surface area contributed by atoms with Gasteiger partial charge in [-0.3, -0.25) is 24.1 Å². The van der Waals surface area contributed by atoms with E-state index < -0.39 is 23.8 Å². The van der Waals surface area contributed by atoms with Gasteiger partial charge in [0.2, 0.25) is 5.91 Å². The number of carbonyl (C=O) groups is 4. The quantitative estimate of drug-likeness (QED) is 0.0866. The summed E-state index contributed by atoms with van der Waals surface area (Å²) in [6.07, 6.45) is 6.43. The maximum Gasteiger partial charge on any atom is 0.266 e. The van der Waals surface area contributed by atoms with Crippen molar-refractivity contribution in [1.29, 1.82) is 0 Å². The lowest BCUT2D eigenvalue weighted by Gasteiger charge is -2.24. The summed E-state index contributed by atoms with van der Waals surface area (Å²) in [6.45, 7) is 1.57. The van der Waals surface area contributed by atoms with Gasteiger partial charge in [0.1, 0.15) is 35.4 Å². The van der Waals surface area contributed by atoms with Crippen LogP contribution in [0.5, 0.6) is 17.2 Å². The molecule has 0 spiro atoms. The summed E-state index contributed by atoms with van der Waals surface area (Å²) in [4.78, 5) is 70.9. The van der Waals surface area contributed by atoms with Crippen LogP contribution in [0.25, 0.3) is 21.9 Å². The van der Waals surface area contributed by atoms with Crippen LogP contribution in [0.3, 0.4) is 0 Å². The van der Waals surface area contributed by atoms with Gasteiger partial charge in [-0.25, -0.2) is 4.98 Å². The number of unbranched alkanes of at least 4 members (excludes halogenated alkanes) is 2. The van der Waals surface area contributed by atoms with Crippen molar-refractivity contribution in [3.8, 4) is 28.4 Å². The highest BCUT2D eigenvalue weighted by Crippen LogP contribution is 2.39. The molecule has 0 bridgehead atoms. The van der Waals surface area contributed by atoms with E-state index >= 15 is 0 Å². The number of carbonyl (C=O) groups excluding carboxylic acids is 4. The van der Waals surface area contributed by atoms with E-state index in [4.69, 9.17) is 14.2 Å². The van der Waals surface area contributed by atoms with Crippen LogP contribution in [0, 0.1) is 0 Å². The minimum Gasteiger partial charge on any atom is -0.496 e. The number of pyridine rings is 2. The Morgan fingerprint density at radius 2 is 1.72 bits per heavy atom. The molecular weight excluding hydrogens is 680 g/mol. The first-order valence-corrected chi connectivity index (χ1v) is 17.5. The standard InChI is InChI=1S/C39H46N6O8/c1-40-36(47)30(13-11-16-46)45-38(49)25-12-10-14-31(35(25)39(45)50)53-17-9-7-8-15-41-34-20-27-28(21-42-34)29(23-44(4)37(27)48)26-19-32(51-5)24(22-43(2)3)18-33(26)52-6/h10,12,14,16,18-21,23,30H,7-9,11,13,15,17,22H2,1-6H3,(H,40,47)(H,41,42). The predicted molar refractivity (Wildman–Crippen MR) is 201 cm³/mol. The monoisotopic (exact) mass is 726 g/mol. The van der Waals surface area contributed by atoms with Gasteiger partial charge >= 0.3 is 0 Å².